The van der Waals surface area contributed by atoms with Gasteiger partial charge in [-0.25, -0.2) is 4.79 Å². The molecule has 1 saturated heterocycles. The standard InChI is InChI=1S/C21H39N5O6/c1-12(2)11-15(25-19(29)17(23)13(3)27)18(28)24-14(7-4-5-9-22)20(30)26-10-6-8-16(26)21(31)32/h12-17,27H,4-11,22-23H2,1-3H3,(H,24,28)(H,25,29)(H,31,32)/t13-,14+,15+,16+,17+/m1/s1. The molecular formula is C21H39N5O6. The van der Waals surface area contributed by atoms with Crippen LogP contribution in [-0.2, 0) is 19.2 Å². The van der Waals surface area contributed by atoms with Crippen LogP contribution in [0.2, 0.25) is 0 Å². The zero-order valence-electron chi connectivity index (χ0n) is 19.3. The number of carboxylic acids is 1. The Morgan fingerprint density at radius 3 is 2.22 bits per heavy atom. The fourth-order valence-corrected chi connectivity index (χ4v) is 3.70. The lowest BCUT2D eigenvalue weighted by Gasteiger charge is -2.29. The average Bonchev–Trinajstić information content (AvgIpc) is 3.21. The van der Waals surface area contributed by atoms with Gasteiger partial charge in [-0.2, -0.15) is 0 Å². The van der Waals surface area contributed by atoms with Crippen molar-refractivity contribution in [3.63, 3.8) is 0 Å². The molecule has 0 aromatic carbocycles. The molecule has 0 bridgehead atoms. The molecule has 1 heterocycles. The molecule has 1 aliphatic rings. The fraction of sp³-hybridized carbons (Fsp3) is 0.810. The molecule has 0 unspecified atom stereocenters. The predicted octanol–water partition coefficient (Wildman–Crippen LogP) is -1.09. The highest BCUT2D eigenvalue weighted by atomic mass is 16.4. The van der Waals surface area contributed by atoms with Gasteiger partial charge in [0.05, 0.1) is 6.10 Å². The molecule has 0 spiro atoms. The number of carboxylic acid groups (broad SMARTS) is 1. The number of carbonyl (C=O) groups excluding carboxylic acids is 3. The van der Waals surface area contributed by atoms with Gasteiger partial charge in [0.1, 0.15) is 24.2 Å². The molecule has 5 atom stereocenters. The molecule has 0 radical (unpaired) electrons. The molecular weight excluding hydrogens is 418 g/mol. The first-order valence-corrected chi connectivity index (χ1v) is 11.3. The monoisotopic (exact) mass is 457 g/mol. The molecule has 0 saturated carbocycles. The van der Waals surface area contributed by atoms with Crippen molar-refractivity contribution in [2.24, 2.45) is 17.4 Å². The number of nitrogens with two attached hydrogens (primary N) is 2. The molecule has 1 fully saturated rings. The largest absolute Gasteiger partial charge is 0.480 e. The maximum atomic E-state index is 13.1. The third-order valence-corrected chi connectivity index (χ3v) is 5.55. The minimum absolute atomic E-state index is 0.0511. The number of amides is 3. The number of rotatable bonds is 13. The second-order valence-electron chi connectivity index (χ2n) is 8.83. The van der Waals surface area contributed by atoms with Gasteiger partial charge < -0.3 is 37.2 Å². The van der Waals surface area contributed by atoms with E-state index < -0.39 is 54.0 Å². The molecule has 32 heavy (non-hydrogen) atoms. The van der Waals surface area contributed by atoms with Crippen LogP contribution in [0.1, 0.15) is 59.3 Å². The van der Waals surface area contributed by atoms with Crippen LogP contribution < -0.4 is 22.1 Å². The number of unbranched alkanes of at least 4 members (excludes halogenated alkanes) is 1. The Kier molecular flexibility index (Phi) is 11.6. The number of aliphatic hydroxyl groups is 1. The number of aliphatic carboxylic acids is 1. The maximum Gasteiger partial charge on any atom is 0.326 e. The number of hydrogen-bond acceptors (Lipinski definition) is 7. The van der Waals surface area contributed by atoms with Crippen molar-refractivity contribution in [3.05, 3.63) is 0 Å². The van der Waals surface area contributed by atoms with E-state index >= 15 is 0 Å². The van der Waals surface area contributed by atoms with Gasteiger partial charge >= 0.3 is 5.97 Å². The van der Waals surface area contributed by atoms with Crippen LogP contribution in [0, 0.1) is 5.92 Å². The van der Waals surface area contributed by atoms with E-state index in [1.165, 1.54) is 11.8 Å². The topological polar surface area (TPSA) is 188 Å². The number of carbonyl (C=O) groups is 4. The summed E-state index contributed by atoms with van der Waals surface area (Å²) in [7, 11) is 0. The van der Waals surface area contributed by atoms with Crippen molar-refractivity contribution in [1.82, 2.24) is 15.5 Å². The second-order valence-corrected chi connectivity index (χ2v) is 8.83. The fourth-order valence-electron chi connectivity index (χ4n) is 3.70. The molecule has 0 aromatic rings. The summed E-state index contributed by atoms with van der Waals surface area (Å²) < 4.78 is 0. The van der Waals surface area contributed by atoms with Crippen molar-refractivity contribution < 1.29 is 29.4 Å². The van der Waals surface area contributed by atoms with Crippen molar-refractivity contribution >= 4 is 23.7 Å². The van der Waals surface area contributed by atoms with E-state index in [0.29, 0.717) is 51.6 Å². The van der Waals surface area contributed by atoms with Crippen LogP contribution in [0.3, 0.4) is 0 Å². The Bertz CT molecular complexity index is 657. The molecule has 11 nitrogen and oxygen atoms in total. The maximum absolute atomic E-state index is 13.1. The van der Waals surface area contributed by atoms with Crippen molar-refractivity contribution in [1.29, 1.82) is 0 Å². The Hall–Kier alpha value is -2.24. The summed E-state index contributed by atoms with van der Waals surface area (Å²) in [5, 5.41) is 24.2. The van der Waals surface area contributed by atoms with E-state index in [1.807, 2.05) is 13.8 Å². The van der Waals surface area contributed by atoms with Crippen LogP contribution in [0.4, 0.5) is 0 Å². The van der Waals surface area contributed by atoms with Crippen molar-refractivity contribution in [3.8, 4) is 0 Å². The lowest BCUT2D eigenvalue weighted by molar-refractivity contribution is -0.149. The summed E-state index contributed by atoms with van der Waals surface area (Å²) >= 11 is 0. The third-order valence-electron chi connectivity index (χ3n) is 5.55. The SMILES string of the molecule is CC(C)C[C@H](NC(=O)[C@@H](N)[C@@H](C)O)C(=O)N[C@@H](CCCCN)C(=O)N1CCC[C@H]1C(=O)O. The zero-order chi connectivity index (χ0) is 24.4. The van der Waals surface area contributed by atoms with Gasteiger partial charge in [-0.1, -0.05) is 13.8 Å². The Morgan fingerprint density at radius 2 is 1.69 bits per heavy atom. The average molecular weight is 458 g/mol. The number of aliphatic hydroxyl groups excluding tert-OH is 1. The summed E-state index contributed by atoms with van der Waals surface area (Å²) in [5.74, 6) is -2.69. The Balaban J connectivity index is 2.99. The first-order chi connectivity index (χ1) is 15.0. The van der Waals surface area contributed by atoms with E-state index in [-0.39, 0.29) is 5.92 Å². The van der Waals surface area contributed by atoms with E-state index in [2.05, 4.69) is 10.6 Å². The van der Waals surface area contributed by atoms with Crippen LogP contribution in [-0.4, -0.2) is 82.2 Å². The molecule has 3 amide bonds. The highest BCUT2D eigenvalue weighted by Gasteiger charge is 2.38. The quantitative estimate of drug-likeness (QED) is 0.188. The van der Waals surface area contributed by atoms with E-state index in [4.69, 9.17) is 11.5 Å². The zero-order valence-corrected chi connectivity index (χ0v) is 19.3. The predicted molar refractivity (Wildman–Crippen MR) is 118 cm³/mol. The van der Waals surface area contributed by atoms with Gasteiger partial charge in [-0.05, 0) is 57.9 Å². The van der Waals surface area contributed by atoms with Crippen LogP contribution >= 0.6 is 0 Å². The molecule has 1 aliphatic heterocycles. The normalized spacial score (nSPS) is 19.8. The Labute approximate surface area is 189 Å². The van der Waals surface area contributed by atoms with E-state index in [9.17, 15) is 29.4 Å². The van der Waals surface area contributed by atoms with Crippen LogP contribution in [0.25, 0.3) is 0 Å². The molecule has 11 heteroatoms. The molecule has 1 rings (SSSR count). The lowest BCUT2D eigenvalue weighted by atomic mass is 10.0. The van der Waals surface area contributed by atoms with Gasteiger partial charge in [0.2, 0.25) is 17.7 Å². The summed E-state index contributed by atoms with van der Waals surface area (Å²) in [6, 6.07) is -3.98. The summed E-state index contributed by atoms with van der Waals surface area (Å²) in [6.07, 6.45) is 1.69. The van der Waals surface area contributed by atoms with Crippen molar-refractivity contribution in [2.45, 2.75) is 89.6 Å². The summed E-state index contributed by atoms with van der Waals surface area (Å²) in [4.78, 5) is 51.3. The minimum atomic E-state index is -1.19. The van der Waals surface area contributed by atoms with Gasteiger partial charge in [0.25, 0.3) is 0 Å². The third kappa shape index (κ3) is 8.36. The van der Waals surface area contributed by atoms with E-state index in [0.717, 1.165) is 0 Å². The number of likely N-dealkylation sites (tertiary alicyclic amines) is 1. The molecule has 8 N–H and O–H groups in total. The summed E-state index contributed by atoms with van der Waals surface area (Å²) in [6.45, 7) is 5.89. The summed E-state index contributed by atoms with van der Waals surface area (Å²) in [5.41, 5.74) is 11.2. The van der Waals surface area contributed by atoms with Crippen LogP contribution in [0.5, 0.6) is 0 Å². The second kappa shape index (κ2) is 13.3. The van der Waals surface area contributed by atoms with Gasteiger partial charge in [0.15, 0.2) is 0 Å². The van der Waals surface area contributed by atoms with Gasteiger partial charge in [-0.15, -0.1) is 0 Å². The first-order valence-electron chi connectivity index (χ1n) is 11.3. The molecule has 184 valence electrons. The first kappa shape index (κ1) is 27.8. The number of nitrogens with zero attached hydrogens (tertiary/aromatic N) is 1. The number of hydrogen-bond donors (Lipinski definition) is 6. The van der Waals surface area contributed by atoms with Crippen molar-refractivity contribution in [2.75, 3.05) is 13.1 Å². The Morgan fingerprint density at radius 1 is 1.06 bits per heavy atom. The minimum Gasteiger partial charge on any atom is -0.480 e. The lowest BCUT2D eigenvalue weighted by Crippen LogP contribution is -2.58. The molecule has 0 aromatic heterocycles. The van der Waals surface area contributed by atoms with Gasteiger partial charge in [0, 0.05) is 6.54 Å². The molecule has 0 aliphatic carbocycles. The van der Waals surface area contributed by atoms with E-state index in [1.54, 1.807) is 0 Å². The number of nitrogens with one attached hydrogen (secondary N) is 2. The smallest absolute Gasteiger partial charge is 0.326 e. The highest BCUT2D eigenvalue weighted by molar-refractivity contribution is 5.94. The highest BCUT2D eigenvalue weighted by Crippen LogP contribution is 2.20. The van der Waals surface area contributed by atoms with Gasteiger partial charge in [-0.3, -0.25) is 14.4 Å². The van der Waals surface area contributed by atoms with Crippen LogP contribution in [0.15, 0.2) is 0 Å².